The van der Waals surface area contributed by atoms with Crippen LogP contribution >= 0.6 is 12.6 Å². The van der Waals surface area contributed by atoms with Gasteiger partial charge in [0.05, 0.1) is 0 Å². The molecule has 3 aromatic rings. The zero-order valence-electron chi connectivity index (χ0n) is 15.6. The molecular weight excluding hydrogens is 334 g/mol. The largest absolute Gasteiger partial charge is 0.399 e. The molecule has 0 aromatic heterocycles. The number of thiol groups is 1. The summed E-state index contributed by atoms with van der Waals surface area (Å²) in [5.41, 5.74) is 14.7. The summed E-state index contributed by atoms with van der Waals surface area (Å²) in [4.78, 5) is 0. The van der Waals surface area contributed by atoms with Gasteiger partial charge in [0.25, 0.3) is 0 Å². The van der Waals surface area contributed by atoms with Gasteiger partial charge in [-0.25, -0.2) is 0 Å². The van der Waals surface area contributed by atoms with Crippen molar-refractivity contribution < 1.29 is 0 Å². The first-order valence-corrected chi connectivity index (χ1v) is 9.56. The molecule has 0 amide bonds. The van der Waals surface area contributed by atoms with Crippen molar-refractivity contribution >= 4 is 18.3 Å². The Morgan fingerprint density at radius 2 is 1.35 bits per heavy atom. The second-order valence-electron chi connectivity index (χ2n) is 7.79. The topological polar surface area (TPSA) is 26.0 Å². The molecule has 2 heteroatoms. The summed E-state index contributed by atoms with van der Waals surface area (Å²) in [5, 5.41) is 0. The molecule has 0 bridgehead atoms. The highest BCUT2D eigenvalue weighted by molar-refractivity contribution is 7.81. The molecular formula is C24H25NS. The molecule has 3 aromatic carbocycles. The Balaban J connectivity index is 2.15. The Hall–Kier alpha value is -2.19. The van der Waals surface area contributed by atoms with Crippen LogP contribution < -0.4 is 5.73 Å². The van der Waals surface area contributed by atoms with E-state index in [0.29, 0.717) is 0 Å². The van der Waals surface area contributed by atoms with Crippen LogP contribution in [0.25, 0.3) is 0 Å². The van der Waals surface area contributed by atoms with Crippen molar-refractivity contribution in [1.29, 1.82) is 0 Å². The minimum absolute atomic E-state index is 0.198. The van der Waals surface area contributed by atoms with Gasteiger partial charge in [-0.2, -0.15) is 12.6 Å². The number of fused-ring (bicyclic) bond motifs is 1. The summed E-state index contributed by atoms with van der Waals surface area (Å²) >= 11 is 5.11. The van der Waals surface area contributed by atoms with Gasteiger partial charge in [0, 0.05) is 15.8 Å². The minimum atomic E-state index is -0.238. The standard InChI is InChI=1S/C24H25NS/c1-16-8-4-5-9-19(16)24(22-14-18(25)13-12-17(22)2)15-23(3,26)20-10-6-7-11-21(20)24/h4-14,26H,15,25H2,1-3H3. The average Bonchev–Trinajstić information content (AvgIpc) is 2.86. The minimum Gasteiger partial charge on any atom is -0.399 e. The molecule has 1 nitrogen and oxygen atoms in total. The number of benzene rings is 3. The van der Waals surface area contributed by atoms with Crippen LogP contribution in [0.3, 0.4) is 0 Å². The Morgan fingerprint density at radius 3 is 2.04 bits per heavy atom. The number of nitrogen functional groups attached to an aromatic ring is 1. The van der Waals surface area contributed by atoms with E-state index in [1.54, 1.807) is 0 Å². The van der Waals surface area contributed by atoms with Crippen molar-refractivity contribution in [3.8, 4) is 0 Å². The third kappa shape index (κ3) is 2.39. The molecule has 0 saturated heterocycles. The van der Waals surface area contributed by atoms with Gasteiger partial charge in [-0.3, -0.25) is 0 Å². The van der Waals surface area contributed by atoms with Crippen molar-refractivity contribution in [1.82, 2.24) is 0 Å². The van der Waals surface area contributed by atoms with Crippen molar-refractivity contribution in [3.63, 3.8) is 0 Å². The van der Waals surface area contributed by atoms with Gasteiger partial charge in [-0.1, -0.05) is 54.6 Å². The van der Waals surface area contributed by atoms with Crippen molar-refractivity contribution in [2.75, 3.05) is 5.73 Å². The van der Waals surface area contributed by atoms with E-state index in [9.17, 15) is 0 Å². The van der Waals surface area contributed by atoms with Crippen molar-refractivity contribution in [2.24, 2.45) is 0 Å². The van der Waals surface area contributed by atoms with Crippen LogP contribution in [-0.4, -0.2) is 0 Å². The fourth-order valence-corrected chi connectivity index (χ4v) is 5.24. The maximum atomic E-state index is 6.24. The first-order valence-electron chi connectivity index (χ1n) is 9.11. The molecule has 2 atom stereocenters. The van der Waals surface area contributed by atoms with E-state index in [-0.39, 0.29) is 10.2 Å². The lowest BCUT2D eigenvalue weighted by molar-refractivity contribution is 0.532. The van der Waals surface area contributed by atoms with Gasteiger partial charge in [-0.05, 0) is 72.7 Å². The van der Waals surface area contributed by atoms with E-state index in [2.05, 4.69) is 81.4 Å². The normalized spacial score (nSPS) is 24.5. The molecule has 26 heavy (non-hydrogen) atoms. The lowest BCUT2D eigenvalue weighted by Gasteiger charge is -2.36. The maximum Gasteiger partial charge on any atom is 0.0476 e. The molecule has 0 spiro atoms. The van der Waals surface area contributed by atoms with E-state index in [0.717, 1.165) is 12.1 Å². The molecule has 1 aliphatic rings. The highest BCUT2D eigenvalue weighted by Crippen LogP contribution is 2.58. The Kier molecular flexibility index (Phi) is 3.92. The monoisotopic (exact) mass is 359 g/mol. The number of anilines is 1. The van der Waals surface area contributed by atoms with Crippen LogP contribution in [0, 0.1) is 13.8 Å². The molecule has 0 heterocycles. The number of nitrogens with two attached hydrogens (primary N) is 1. The number of hydrogen-bond acceptors (Lipinski definition) is 2. The molecule has 4 rings (SSSR count). The third-order valence-corrected chi connectivity index (χ3v) is 6.30. The van der Waals surface area contributed by atoms with E-state index in [1.807, 2.05) is 6.07 Å². The van der Waals surface area contributed by atoms with E-state index in [1.165, 1.54) is 33.4 Å². The molecule has 132 valence electrons. The van der Waals surface area contributed by atoms with Crippen LogP contribution in [0.4, 0.5) is 5.69 Å². The van der Waals surface area contributed by atoms with Crippen LogP contribution in [0.15, 0.2) is 66.7 Å². The van der Waals surface area contributed by atoms with Crippen molar-refractivity contribution in [2.45, 2.75) is 37.4 Å². The van der Waals surface area contributed by atoms with Gasteiger partial charge in [0.2, 0.25) is 0 Å². The Morgan fingerprint density at radius 1 is 0.769 bits per heavy atom. The molecule has 0 radical (unpaired) electrons. The molecule has 0 saturated carbocycles. The quantitative estimate of drug-likeness (QED) is 0.441. The van der Waals surface area contributed by atoms with Crippen LogP contribution in [0.1, 0.15) is 46.7 Å². The van der Waals surface area contributed by atoms with Gasteiger partial charge in [-0.15, -0.1) is 0 Å². The third-order valence-electron chi connectivity index (χ3n) is 5.90. The van der Waals surface area contributed by atoms with E-state index >= 15 is 0 Å². The SMILES string of the molecule is Cc1ccccc1C1(c2cc(N)ccc2C)CC(C)(S)c2ccccc21. The van der Waals surface area contributed by atoms with Gasteiger partial charge in [0.1, 0.15) is 0 Å². The van der Waals surface area contributed by atoms with Gasteiger partial charge >= 0.3 is 0 Å². The van der Waals surface area contributed by atoms with Crippen LogP contribution in [0.2, 0.25) is 0 Å². The average molecular weight is 360 g/mol. The Labute approximate surface area is 161 Å². The van der Waals surface area contributed by atoms with Gasteiger partial charge < -0.3 is 5.73 Å². The zero-order chi connectivity index (χ0) is 18.5. The Bertz CT molecular complexity index is 989. The first kappa shape index (κ1) is 17.2. The fourth-order valence-electron chi connectivity index (χ4n) is 4.81. The molecule has 2 unspecified atom stereocenters. The number of hydrogen-bond donors (Lipinski definition) is 2. The maximum absolute atomic E-state index is 6.24. The number of rotatable bonds is 2. The predicted molar refractivity (Wildman–Crippen MR) is 114 cm³/mol. The lowest BCUT2D eigenvalue weighted by atomic mass is 9.67. The lowest BCUT2D eigenvalue weighted by Crippen LogP contribution is -2.30. The summed E-state index contributed by atoms with van der Waals surface area (Å²) in [6.45, 7) is 6.62. The second-order valence-corrected chi connectivity index (χ2v) is 8.78. The molecule has 2 N–H and O–H groups in total. The predicted octanol–water partition coefficient (Wildman–Crippen LogP) is 5.77. The highest BCUT2D eigenvalue weighted by Gasteiger charge is 2.51. The van der Waals surface area contributed by atoms with E-state index < -0.39 is 0 Å². The summed E-state index contributed by atoms with van der Waals surface area (Å²) in [6, 6.07) is 23.8. The summed E-state index contributed by atoms with van der Waals surface area (Å²) in [5.74, 6) is 0. The van der Waals surface area contributed by atoms with Gasteiger partial charge in [0.15, 0.2) is 0 Å². The van der Waals surface area contributed by atoms with Crippen molar-refractivity contribution in [3.05, 3.63) is 100 Å². The molecule has 0 aliphatic heterocycles. The van der Waals surface area contributed by atoms with Crippen LogP contribution in [-0.2, 0) is 10.2 Å². The summed E-state index contributed by atoms with van der Waals surface area (Å²) in [7, 11) is 0. The number of aryl methyl sites for hydroxylation is 2. The summed E-state index contributed by atoms with van der Waals surface area (Å²) < 4.78 is -0.198. The zero-order valence-corrected chi connectivity index (χ0v) is 16.5. The van der Waals surface area contributed by atoms with Crippen LogP contribution in [0.5, 0.6) is 0 Å². The summed E-state index contributed by atoms with van der Waals surface area (Å²) in [6.07, 6.45) is 0.914. The first-order chi connectivity index (χ1) is 12.4. The smallest absolute Gasteiger partial charge is 0.0476 e. The van der Waals surface area contributed by atoms with E-state index in [4.69, 9.17) is 18.4 Å². The second kappa shape index (κ2) is 5.92. The molecule has 1 aliphatic carbocycles. The molecule has 0 fully saturated rings. The highest BCUT2D eigenvalue weighted by atomic mass is 32.1. The fraction of sp³-hybridized carbons (Fsp3) is 0.250.